The summed E-state index contributed by atoms with van der Waals surface area (Å²) < 4.78 is 5.59. The molecule has 1 atom stereocenters. The second-order valence-corrected chi connectivity index (χ2v) is 3.26. The molecule has 0 saturated heterocycles. The summed E-state index contributed by atoms with van der Waals surface area (Å²) in [5, 5.41) is 0. The van der Waals surface area contributed by atoms with E-state index in [-0.39, 0.29) is 6.04 Å². The molecule has 1 heterocycles. The van der Waals surface area contributed by atoms with Crippen molar-refractivity contribution >= 4 is 6.08 Å². The van der Waals surface area contributed by atoms with E-state index in [1.54, 1.807) is 0 Å². The van der Waals surface area contributed by atoms with E-state index < -0.39 is 0 Å². The number of nitrogens with two attached hydrogens (primary N) is 1. The van der Waals surface area contributed by atoms with Gasteiger partial charge in [0.05, 0.1) is 6.04 Å². The average Bonchev–Trinajstić information content (AvgIpc) is 2.46. The van der Waals surface area contributed by atoms with Crippen molar-refractivity contribution < 1.29 is 4.42 Å². The van der Waals surface area contributed by atoms with Crippen LogP contribution in [0.1, 0.15) is 36.5 Å². The third kappa shape index (κ3) is 1.18. The zero-order valence-corrected chi connectivity index (χ0v) is 7.21. The summed E-state index contributed by atoms with van der Waals surface area (Å²) in [6.07, 6.45) is 6.37. The molecule has 2 heteroatoms. The number of hydrogen-bond acceptors (Lipinski definition) is 2. The van der Waals surface area contributed by atoms with Crippen molar-refractivity contribution in [1.29, 1.82) is 0 Å². The van der Waals surface area contributed by atoms with Crippen molar-refractivity contribution in [2.24, 2.45) is 5.73 Å². The highest BCUT2D eigenvalue weighted by Crippen LogP contribution is 2.25. The Hall–Kier alpha value is -1.02. The lowest BCUT2D eigenvalue weighted by Crippen LogP contribution is -2.02. The van der Waals surface area contributed by atoms with Crippen molar-refractivity contribution in [3.8, 4) is 0 Å². The van der Waals surface area contributed by atoms with Crippen molar-refractivity contribution in [3.63, 3.8) is 0 Å². The van der Waals surface area contributed by atoms with Crippen LogP contribution in [-0.2, 0) is 6.42 Å². The zero-order valence-electron chi connectivity index (χ0n) is 7.21. The van der Waals surface area contributed by atoms with E-state index in [2.05, 4.69) is 12.2 Å². The molecule has 2 nitrogen and oxygen atoms in total. The second kappa shape index (κ2) is 2.79. The van der Waals surface area contributed by atoms with Gasteiger partial charge in [-0.25, -0.2) is 0 Å². The molecule has 0 amide bonds. The van der Waals surface area contributed by atoms with Crippen LogP contribution >= 0.6 is 0 Å². The Morgan fingerprint density at radius 1 is 1.58 bits per heavy atom. The number of aryl methyl sites for hydroxylation is 1. The first-order valence-electron chi connectivity index (χ1n) is 4.32. The van der Waals surface area contributed by atoms with E-state index >= 15 is 0 Å². The monoisotopic (exact) mass is 163 g/mol. The summed E-state index contributed by atoms with van der Waals surface area (Å²) in [6.45, 7) is 1.94. The molecule has 2 N–H and O–H groups in total. The third-order valence-electron chi connectivity index (χ3n) is 2.15. The van der Waals surface area contributed by atoms with Crippen LogP contribution in [0.3, 0.4) is 0 Å². The van der Waals surface area contributed by atoms with Crippen LogP contribution in [0.15, 0.2) is 16.6 Å². The van der Waals surface area contributed by atoms with E-state index in [1.807, 2.05) is 13.0 Å². The van der Waals surface area contributed by atoms with Crippen LogP contribution in [0.4, 0.5) is 0 Å². The smallest absolute Gasteiger partial charge is 0.121 e. The predicted octanol–water partition coefficient (Wildman–Crippen LogP) is 2.26. The maximum atomic E-state index is 5.71. The maximum Gasteiger partial charge on any atom is 0.121 e. The topological polar surface area (TPSA) is 39.2 Å². The van der Waals surface area contributed by atoms with Crippen molar-refractivity contribution in [3.05, 3.63) is 29.2 Å². The highest BCUT2D eigenvalue weighted by atomic mass is 16.3. The maximum absolute atomic E-state index is 5.71. The number of hydrogen-bond donors (Lipinski definition) is 1. The van der Waals surface area contributed by atoms with E-state index in [0.29, 0.717) is 0 Å². The average molecular weight is 163 g/mol. The Labute approximate surface area is 72.1 Å². The van der Waals surface area contributed by atoms with Gasteiger partial charge in [-0.15, -0.1) is 0 Å². The molecule has 0 aliphatic heterocycles. The summed E-state index contributed by atoms with van der Waals surface area (Å²) in [6, 6.07) is 2.04. The van der Waals surface area contributed by atoms with Gasteiger partial charge in [-0.1, -0.05) is 12.2 Å². The van der Waals surface area contributed by atoms with Gasteiger partial charge in [0.1, 0.15) is 11.5 Å². The summed E-state index contributed by atoms with van der Waals surface area (Å²) in [5.41, 5.74) is 6.91. The molecule has 1 aromatic rings. The van der Waals surface area contributed by atoms with Gasteiger partial charge >= 0.3 is 0 Å². The summed E-state index contributed by atoms with van der Waals surface area (Å²) >= 11 is 0. The summed E-state index contributed by atoms with van der Waals surface area (Å²) in [7, 11) is 0. The van der Waals surface area contributed by atoms with Crippen LogP contribution in [-0.4, -0.2) is 0 Å². The number of furan rings is 1. The van der Waals surface area contributed by atoms with E-state index in [0.717, 1.165) is 24.4 Å². The minimum atomic E-state index is 0.00370. The molecular weight excluding hydrogens is 150 g/mol. The first kappa shape index (κ1) is 7.62. The Morgan fingerprint density at radius 2 is 2.42 bits per heavy atom. The molecule has 12 heavy (non-hydrogen) atoms. The van der Waals surface area contributed by atoms with E-state index in [1.165, 1.54) is 5.56 Å². The normalized spacial score (nSPS) is 17.5. The lowest BCUT2D eigenvalue weighted by molar-refractivity contribution is 0.441. The number of rotatable bonds is 1. The van der Waals surface area contributed by atoms with Gasteiger partial charge in [0.25, 0.3) is 0 Å². The van der Waals surface area contributed by atoms with Gasteiger partial charge in [0, 0.05) is 12.0 Å². The van der Waals surface area contributed by atoms with E-state index in [9.17, 15) is 0 Å². The minimum Gasteiger partial charge on any atom is -0.464 e. The molecule has 0 aromatic carbocycles. The Bertz CT molecular complexity index is 310. The molecular formula is C10H13NO. The molecule has 1 aromatic heterocycles. The van der Waals surface area contributed by atoms with Crippen molar-refractivity contribution in [2.75, 3.05) is 0 Å². The third-order valence-corrected chi connectivity index (χ3v) is 2.15. The first-order chi connectivity index (χ1) is 5.77. The summed E-state index contributed by atoms with van der Waals surface area (Å²) in [5.74, 6) is 1.98. The first-order valence-corrected chi connectivity index (χ1v) is 4.32. The minimum absolute atomic E-state index is 0.00370. The molecule has 0 fully saturated rings. The second-order valence-electron chi connectivity index (χ2n) is 3.26. The summed E-state index contributed by atoms with van der Waals surface area (Å²) in [4.78, 5) is 0. The van der Waals surface area contributed by atoms with Crippen molar-refractivity contribution in [2.45, 2.75) is 25.8 Å². The fraction of sp³-hybridized carbons (Fsp3) is 0.400. The predicted molar refractivity (Wildman–Crippen MR) is 48.7 cm³/mol. The van der Waals surface area contributed by atoms with Gasteiger partial charge in [-0.05, 0) is 19.4 Å². The van der Waals surface area contributed by atoms with Crippen LogP contribution in [0.5, 0.6) is 0 Å². The van der Waals surface area contributed by atoms with Crippen LogP contribution in [0, 0.1) is 0 Å². The van der Waals surface area contributed by atoms with Gasteiger partial charge in [0.15, 0.2) is 0 Å². The van der Waals surface area contributed by atoms with Gasteiger partial charge in [-0.3, -0.25) is 0 Å². The molecule has 64 valence electrons. The van der Waals surface area contributed by atoms with Crippen LogP contribution in [0.25, 0.3) is 6.08 Å². The van der Waals surface area contributed by atoms with Crippen LogP contribution < -0.4 is 5.73 Å². The van der Waals surface area contributed by atoms with Gasteiger partial charge < -0.3 is 10.2 Å². The highest BCUT2D eigenvalue weighted by Gasteiger charge is 2.13. The van der Waals surface area contributed by atoms with Gasteiger partial charge in [0.2, 0.25) is 0 Å². The largest absolute Gasteiger partial charge is 0.464 e. The Kier molecular flexibility index (Phi) is 1.77. The number of fused-ring (bicyclic) bond motifs is 1. The van der Waals surface area contributed by atoms with Crippen LogP contribution in [0.2, 0.25) is 0 Å². The lowest BCUT2D eigenvalue weighted by atomic mass is 10.1. The van der Waals surface area contributed by atoms with Crippen molar-refractivity contribution in [1.82, 2.24) is 0 Å². The zero-order chi connectivity index (χ0) is 8.55. The Balaban J connectivity index is 2.39. The Morgan fingerprint density at radius 3 is 3.08 bits per heavy atom. The fourth-order valence-electron chi connectivity index (χ4n) is 1.45. The molecule has 0 radical (unpaired) electrons. The molecule has 1 aliphatic rings. The molecule has 1 aliphatic carbocycles. The standard InChI is InChI=1S/C10H13NO/c1-7(11)10-6-8-4-2-3-5-9(8)12-10/h2,4,6-7H,3,5,11H2,1H3/t7-/m1/s1. The SMILES string of the molecule is C[C@@H](N)c1cc2c(o1)CCC=C2. The fourth-order valence-corrected chi connectivity index (χ4v) is 1.45. The van der Waals surface area contributed by atoms with E-state index in [4.69, 9.17) is 10.2 Å². The quantitative estimate of drug-likeness (QED) is 0.689. The molecule has 2 rings (SSSR count). The molecule has 0 spiro atoms. The molecule has 0 bridgehead atoms. The highest BCUT2D eigenvalue weighted by molar-refractivity contribution is 5.54. The molecule has 0 saturated carbocycles. The molecule has 0 unspecified atom stereocenters. The van der Waals surface area contributed by atoms with Gasteiger partial charge in [-0.2, -0.15) is 0 Å². The lowest BCUT2D eigenvalue weighted by Gasteiger charge is -2.01. The number of allylic oxidation sites excluding steroid dienone is 1.